The van der Waals surface area contributed by atoms with Gasteiger partial charge in [-0.05, 0) is 18.6 Å². The molecule has 1 rings (SSSR count). The lowest BCUT2D eigenvalue weighted by Gasteiger charge is -2.10. The van der Waals surface area contributed by atoms with E-state index in [1.165, 1.54) is 0 Å². The van der Waals surface area contributed by atoms with Gasteiger partial charge in [0.2, 0.25) is 0 Å². The maximum atomic E-state index is 9.29. The van der Waals surface area contributed by atoms with Crippen LogP contribution in [-0.4, -0.2) is 24.9 Å². The van der Waals surface area contributed by atoms with Crippen molar-refractivity contribution in [2.45, 2.75) is 19.4 Å². The summed E-state index contributed by atoms with van der Waals surface area (Å²) in [5, 5.41) is 9.29. The molecule has 1 unspecified atom stereocenters. The molecule has 0 amide bonds. The predicted molar refractivity (Wildman–Crippen MR) is 54.8 cm³/mol. The minimum absolute atomic E-state index is 0.323. The molecule has 14 heavy (non-hydrogen) atoms. The highest BCUT2D eigenvalue weighted by Crippen LogP contribution is 2.18. The highest BCUT2D eigenvalue weighted by atomic mass is 16.5. The van der Waals surface area contributed by atoms with E-state index in [1.54, 1.807) is 13.2 Å². The van der Waals surface area contributed by atoms with Crippen LogP contribution in [0.15, 0.2) is 24.3 Å². The van der Waals surface area contributed by atoms with E-state index in [1.807, 2.05) is 25.1 Å². The Labute approximate surface area is 84.3 Å². The van der Waals surface area contributed by atoms with Gasteiger partial charge in [0.05, 0.1) is 13.2 Å². The normalized spacial score (nSPS) is 12.2. The molecule has 78 valence electrons. The summed E-state index contributed by atoms with van der Waals surface area (Å²) in [6, 6.07) is 7.34. The van der Waals surface area contributed by atoms with Crippen molar-refractivity contribution in [1.82, 2.24) is 0 Å². The molecule has 1 atom stereocenters. The van der Waals surface area contributed by atoms with E-state index in [0.717, 1.165) is 11.5 Å². The van der Waals surface area contributed by atoms with E-state index >= 15 is 0 Å². The van der Waals surface area contributed by atoms with Gasteiger partial charge >= 0.3 is 0 Å². The van der Waals surface area contributed by atoms with Crippen molar-refractivity contribution in [3.63, 3.8) is 0 Å². The molecule has 0 heterocycles. The SMILES string of the molecule is CCC(O)COc1cccc(OC)c1. The van der Waals surface area contributed by atoms with Crippen molar-refractivity contribution in [3.8, 4) is 11.5 Å². The lowest BCUT2D eigenvalue weighted by atomic mass is 10.3. The largest absolute Gasteiger partial charge is 0.497 e. The second-order valence-electron chi connectivity index (χ2n) is 3.05. The third-order valence-corrected chi connectivity index (χ3v) is 1.95. The smallest absolute Gasteiger partial charge is 0.123 e. The molecular weight excluding hydrogens is 180 g/mol. The second-order valence-corrected chi connectivity index (χ2v) is 3.05. The van der Waals surface area contributed by atoms with Gasteiger partial charge in [-0.15, -0.1) is 0 Å². The van der Waals surface area contributed by atoms with Gasteiger partial charge in [-0.3, -0.25) is 0 Å². The summed E-state index contributed by atoms with van der Waals surface area (Å²) in [4.78, 5) is 0. The van der Waals surface area contributed by atoms with E-state index in [-0.39, 0.29) is 0 Å². The zero-order valence-electron chi connectivity index (χ0n) is 8.56. The van der Waals surface area contributed by atoms with Gasteiger partial charge in [-0.1, -0.05) is 13.0 Å². The molecule has 0 spiro atoms. The molecule has 0 bridgehead atoms. The van der Waals surface area contributed by atoms with E-state index < -0.39 is 6.10 Å². The molecule has 0 aliphatic rings. The summed E-state index contributed by atoms with van der Waals surface area (Å²) < 4.78 is 10.4. The van der Waals surface area contributed by atoms with Gasteiger partial charge in [-0.25, -0.2) is 0 Å². The monoisotopic (exact) mass is 196 g/mol. The van der Waals surface area contributed by atoms with E-state index in [9.17, 15) is 5.11 Å². The Morgan fingerprint density at radius 1 is 1.36 bits per heavy atom. The lowest BCUT2D eigenvalue weighted by Crippen LogP contribution is -2.15. The van der Waals surface area contributed by atoms with Gasteiger partial charge in [-0.2, -0.15) is 0 Å². The summed E-state index contributed by atoms with van der Waals surface area (Å²) in [5.41, 5.74) is 0. The average Bonchev–Trinajstić information content (AvgIpc) is 2.26. The number of benzene rings is 1. The topological polar surface area (TPSA) is 38.7 Å². The molecule has 0 radical (unpaired) electrons. The van der Waals surface area contributed by atoms with Crippen LogP contribution >= 0.6 is 0 Å². The van der Waals surface area contributed by atoms with E-state index in [2.05, 4.69) is 0 Å². The van der Waals surface area contributed by atoms with Crippen LogP contribution in [0.3, 0.4) is 0 Å². The van der Waals surface area contributed by atoms with Crippen LogP contribution in [-0.2, 0) is 0 Å². The molecule has 1 aromatic rings. The fourth-order valence-electron chi connectivity index (χ4n) is 1.00. The highest BCUT2D eigenvalue weighted by Gasteiger charge is 2.02. The Morgan fingerprint density at radius 2 is 2.07 bits per heavy atom. The first-order chi connectivity index (χ1) is 6.76. The van der Waals surface area contributed by atoms with Crippen LogP contribution < -0.4 is 9.47 Å². The first-order valence-corrected chi connectivity index (χ1v) is 4.71. The second kappa shape index (κ2) is 5.50. The number of rotatable bonds is 5. The lowest BCUT2D eigenvalue weighted by molar-refractivity contribution is 0.104. The minimum atomic E-state index is -0.402. The van der Waals surface area contributed by atoms with Crippen molar-refractivity contribution in [2.24, 2.45) is 0 Å². The molecule has 0 aliphatic heterocycles. The first-order valence-electron chi connectivity index (χ1n) is 4.71. The Bertz CT molecular complexity index is 273. The van der Waals surface area contributed by atoms with Crippen molar-refractivity contribution in [3.05, 3.63) is 24.3 Å². The third-order valence-electron chi connectivity index (χ3n) is 1.95. The number of hydrogen-bond acceptors (Lipinski definition) is 3. The summed E-state index contributed by atoms with van der Waals surface area (Å²) in [5.74, 6) is 1.48. The maximum absolute atomic E-state index is 9.29. The van der Waals surface area contributed by atoms with Crippen LogP contribution in [0.5, 0.6) is 11.5 Å². The number of ether oxygens (including phenoxy) is 2. The van der Waals surface area contributed by atoms with Crippen molar-refractivity contribution in [2.75, 3.05) is 13.7 Å². The van der Waals surface area contributed by atoms with Crippen LogP contribution in [0.4, 0.5) is 0 Å². The number of aliphatic hydroxyl groups is 1. The minimum Gasteiger partial charge on any atom is -0.497 e. The van der Waals surface area contributed by atoms with Gasteiger partial charge in [0.15, 0.2) is 0 Å². The third kappa shape index (κ3) is 3.26. The molecule has 3 heteroatoms. The van der Waals surface area contributed by atoms with Crippen LogP contribution in [0, 0.1) is 0 Å². The molecular formula is C11H16O3. The molecule has 0 aromatic heterocycles. The molecule has 0 saturated heterocycles. The van der Waals surface area contributed by atoms with Crippen LogP contribution in [0.25, 0.3) is 0 Å². The van der Waals surface area contributed by atoms with Gasteiger partial charge < -0.3 is 14.6 Å². The van der Waals surface area contributed by atoms with Crippen molar-refractivity contribution in [1.29, 1.82) is 0 Å². The molecule has 1 aromatic carbocycles. The molecule has 0 fully saturated rings. The highest BCUT2D eigenvalue weighted by molar-refractivity contribution is 5.32. The standard InChI is InChI=1S/C11H16O3/c1-3-9(12)8-14-11-6-4-5-10(7-11)13-2/h4-7,9,12H,3,8H2,1-2H3. The first kappa shape index (κ1) is 10.9. The van der Waals surface area contributed by atoms with Crippen LogP contribution in [0.1, 0.15) is 13.3 Å². The fourth-order valence-corrected chi connectivity index (χ4v) is 1.00. The zero-order valence-corrected chi connectivity index (χ0v) is 8.56. The summed E-state index contributed by atoms with van der Waals surface area (Å²) in [6.07, 6.45) is 0.297. The summed E-state index contributed by atoms with van der Waals surface area (Å²) in [7, 11) is 1.61. The Kier molecular flexibility index (Phi) is 4.26. The summed E-state index contributed by atoms with van der Waals surface area (Å²) in [6.45, 7) is 2.24. The Hall–Kier alpha value is -1.22. The van der Waals surface area contributed by atoms with Crippen molar-refractivity contribution >= 4 is 0 Å². The van der Waals surface area contributed by atoms with E-state index in [4.69, 9.17) is 9.47 Å². The Morgan fingerprint density at radius 3 is 2.71 bits per heavy atom. The number of aliphatic hydroxyl groups excluding tert-OH is 1. The predicted octanol–water partition coefficient (Wildman–Crippen LogP) is 1.84. The number of hydrogen-bond donors (Lipinski definition) is 1. The summed E-state index contributed by atoms with van der Waals surface area (Å²) >= 11 is 0. The van der Waals surface area contributed by atoms with Gasteiger partial charge in [0, 0.05) is 6.07 Å². The van der Waals surface area contributed by atoms with Gasteiger partial charge in [0.25, 0.3) is 0 Å². The maximum Gasteiger partial charge on any atom is 0.123 e. The van der Waals surface area contributed by atoms with Crippen LogP contribution in [0.2, 0.25) is 0 Å². The Balaban J connectivity index is 2.50. The average molecular weight is 196 g/mol. The molecule has 0 aliphatic carbocycles. The quantitative estimate of drug-likeness (QED) is 0.781. The zero-order chi connectivity index (χ0) is 10.4. The molecule has 0 saturated carbocycles. The molecule has 1 N–H and O–H groups in total. The fraction of sp³-hybridized carbons (Fsp3) is 0.455. The number of methoxy groups -OCH3 is 1. The van der Waals surface area contributed by atoms with Crippen molar-refractivity contribution < 1.29 is 14.6 Å². The van der Waals surface area contributed by atoms with Gasteiger partial charge in [0.1, 0.15) is 18.1 Å². The molecule has 3 nitrogen and oxygen atoms in total. The van der Waals surface area contributed by atoms with E-state index in [0.29, 0.717) is 13.0 Å².